The first-order valence-electron chi connectivity index (χ1n) is 6.14. The lowest BCUT2D eigenvalue weighted by molar-refractivity contribution is -0.159. The second-order valence-electron chi connectivity index (χ2n) is 5.01. The summed E-state index contributed by atoms with van der Waals surface area (Å²) in [6.45, 7) is 0. The summed E-state index contributed by atoms with van der Waals surface area (Å²) in [4.78, 5) is 43.9. The Balaban J connectivity index is 2.88. The van der Waals surface area contributed by atoms with Gasteiger partial charge in [-0.3, -0.25) is 19.2 Å². The Morgan fingerprint density at radius 2 is 1.45 bits per heavy atom. The highest BCUT2D eigenvalue weighted by Gasteiger charge is 2.43. The van der Waals surface area contributed by atoms with Gasteiger partial charge in [-0.05, 0) is 25.2 Å². The molecule has 1 saturated carbocycles. The standard InChI is InChI=1S/C12H16O8/c13-9(14)4-7(11(17)18)5-1-2-6(10(15)16)8(3-5)12(19)20/h5-8H,1-4H2,(H,13,14)(H,15,16)(H,17,18)(H,19,20). The molecule has 0 aromatic carbocycles. The summed E-state index contributed by atoms with van der Waals surface area (Å²) in [5, 5.41) is 35.8. The van der Waals surface area contributed by atoms with Crippen molar-refractivity contribution >= 4 is 23.9 Å². The smallest absolute Gasteiger partial charge is 0.307 e. The minimum Gasteiger partial charge on any atom is -0.481 e. The average molecular weight is 288 g/mol. The van der Waals surface area contributed by atoms with Gasteiger partial charge in [0.2, 0.25) is 0 Å². The fraction of sp³-hybridized carbons (Fsp3) is 0.667. The minimum absolute atomic E-state index is 0.0420. The molecule has 0 amide bonds. The highest BCUT2D eigenvalue weighted by atomic mass is 16.4. The molecule has 1 rings (SSSR count). The topological polar surface area (TPSA) is 149 Å². The van der Waals surface area contributed by atoms with Crippen LogP contribution < -0.4 is 0 Å². The fourth-order valence-corrected chi connectivity index (χ4v) is 2.78. The predicted octanol–water partition coefficient (Wildman–Crippen LogP) is 0.364. The summed E-state index contributed by atoms with van der Waals surface area (Å²) < 4.78 is 0. The maximum absolute atomic E-state index is 11.1. The van der Waals surface area contributed by atoms with E-state index in [0.29, 0.717) is 0 Å². The molecule has 4 unspecified atom stereocenters. The number of carbonyl (C=O) groups is 4. The molecule has 0 aliphatic heterocycles. The van der Waals surface area contributed by atoms with Crippen molar-refractivity contribution in [2.75, 3.05) is 0 Å². The lowest BCUT2D eigenvalue weighted by atomic mass is 9.69. The quantitative estimate of drug-likeness (QED) is 0.547. The molecule has 0 radical (unpaired) electrons. The van der Waals surface area contributed by atoms with Gasteiger partial charge in [0.15, 0.2) is 0 Å². The van der Waals surface area contributed by atoms with Crippen molar-refractivity contribution in [1.29, 1.82) is 0 Å². The van der Waals surface area contributed by atoms with Crippen LogP contribution in [0.3, 0.4) is 0 Å². The lowest BCUT2D eigenvalue weighted by Crippen LogP contribution is -2.39. The largest absolute Gasteiger partial charge is 0.481 e. The molecule has 0 aromatic rings. The molecule has 8 nitrogen and oxygen atoms in total. The van der Waals surface area contributed by atoms with Crippen LogP contribution in [0.1, 0.15) is 25.7 Å². The Kier molecular flexibility index (Phi) is 5.06. The Hall–Kier alpha value is -2.12. The van der Waals surface area contributed by atoms with Crippen molar-refractivity contribution in [1.82, 2.24) is 0 Å². The number of carboxylic acid groups (broad SMARTS) is 4. The third-order valence-electron chi connectivity index (χ3n) is 3.81. The molecule has 4 N–H and O–H groups in total. The molecule has 1 aliphatic rings. The molecule has 1 fully saturated rings. The maximum Gasteiger partial charge on any atom is 0.307 e. The molecule has 0 bridgehead atoms. The van der Waals surface area contributed by atoms with Gasteiger partial charge in [-0.2, -0.15) is 0 Å². The van der Waals surface area contributed by atoms with Gasteiger partial charge < -0.3 is 20.4 Å². The van der Waals surface area contributed by atoms with Crippen molar-refractivity contribution in [2.24, 2.45) is 23.7 Å². The normalized spacial score (nSPS) is 27.5. The van der Waals surface area contributed by atoms with E-state index in [1.54, 1.807) is 0 Å². The van der Waals surface area contributed by atoms with Gasteiger partial charge in [-0.25, -0.2) is 0 Å². The van der Waals surface area contributed by atoms with E-state index in [-0.39, 0.29) is 19.3 Å². The van der Waals surface area contributed by atoms with Gasteiger partial charge in [0.05, 0.1) is 24.2 Å². The monoisotopic (exact) mass is 288 g/mol. The summed E-state index contributed by atoms with van der Waals surface area (Å²) in [6, 6.07) is 0. The zero-order chi connectivity index (χ0) is 15.4. The van der Waals surface area contributed by atoms with E-state index in [2.05, 4.69) is 0 Å². The molecule has 4 atom stereocenters. The van der Waals surface area contributed by atoms with Gasteiger partial charge in [0.25, 0.3) is 0 Å². The SMILES string of the molecule is O=C(O)CC(C(=O)O)C1CCC(C(=O)O)C(C(=O)O)C1. The van der Waals surface area contributed by atoms with Crippen LogP contribution in [0.4, 0.5) is 0 Å². The van der Waals surface area contributed by atoms with Gasteiger partial charge in [0.1, 0.15) is 0 Å². The molecule has 0 saturated heterocycles. The zero-order valence-corrected chi connectivity index (χ0v) is 10.6. The Morgan fingerprint density at radius 1 is 0.900 bits per heavy atom. The van der Waals surface area contributed by atoms with E-state index in [9.17, 15) is 19.2 Å². The summed E-state index contributed by atoms with van der Waals surface area (Å²) in [5.74, 6) is -9.14. The maximum atomic E-state index is 11.1. The van der Waals surface area contributed by atoms with E-state index in [1.165, 1.54) is 0 Å². The van der Waals surface area contributed by atoms with Crippen molar-refractivity contribution in [3.05, 3.63) is 0 Å². The van der Waals surface area contributed by atoms with E-state index >= 15 is 0 Å². The number of rotatable bonds is 6. The summed E-state index contributed by atoms with van der Waals surface area (Å²) in [7, 11) is 0. The molecule has 0 heterocycles. The van der Waals surface area contributed by atoms with Crippen LogP contribution in [-0.2, 0) is 19.2 Å². The molecule has 0 aromatic heterocycles. The summed E-state index contributed by atoms with van der Waals surface area (Å²) in [5.41, 5.74) is 0. The number of aliphatic carboxylic acids is 4. The predicted molar refractivity (Wildman–Crippen MR) is 63.0 cm³/mol. The van der Waals surface area contributed by atoms with Crippen LogP contribution in [-0.4, -0.2) is 44.3 Å². The third kappa shape index (κ3) is 3.69. The second kappa shape index (κ2) is 6.36. The average Bonchev–Trinajstić information content (AvgIpc) is 2.34. The Bertz CT molecular complexity index is 417. The molecular formula is C12H16O8. The second-order valence-corrected chi connectivity index (χ2v) is 5.01. The molecular weight excluding hydrogens is 272 g/mol. The molecule has 0 spiro atoms. The van der Waals surface area contributed by atoms with Crippen LogP contribution >= 0.6 is 0 Å². The van der Waals surface area contributed by atoms with E-state index in [4.69, 9.17) is 20.4 Å². The third-order valence-corrected chi connectivity index (χ3v) is 3.81. The number of hydrogen-bond acceptors (Lipinski definition) is 4. The highest BCUT2D eigenvalue weighted by molar-refractivity contribution is 5.81. The Morgan fingerprint density at radius 3 is 1.85 bits per heavy atom. The van der Waals surface area contributed by atoms with Crippen LogP contribution in [0, 0.1) is 23.7 Å². The molecule has 1 aliphatic carbocycles. The van der Waals surface area contributed by atoms with Crippen LogP contribution in [0.25, 0.3) is 0 Å². The molecule has 20 heavy (non-hydrogen) atoms. The van der Waals surface area contributed by atoms with Crippen LogP contribution in [0.5, 0.6) is 0 Å². The summed E-state index contributed by atoms with van der Waals surface area (Å²) in [6.07, 6.45) is -0.480. The van der Waals surface area contributed by atoms with Gasteiger partial charge in [-0.15, -0.1) is 0 Å². The number of hydrogen-bond donors (Lipinski definition) is 4. The van der Waals surface area contributed by atoms with Crippen molar-refractivity contribution in [3.63, 3.8) is 0 Å². The fourth-order valence-electron chi connectivity index (χ4n) is 2.78. The van der Waals surface area contributed by atoms with Crippen molar-refractivity contribution in [2.45, 2.75) is 25.7 Å². The van der Waals surface area contributed by atoms with Crippen LogP contribution in [0.2, 0.25) is 0 Å². The number of carboxylic acids is 4. The summed E-state index contributed by atoms with van der Waals surface area (Å²) >= 11 is 0. The van der Waals surface area contributed by atoms with Gasteiger partial charge >= 0.3 is 23.9 Å². The van der Waals surface area contributed by atoms with Crippen molar-refractivity contribution < 1.29 is 39.6 Å². The van der Waals surface area contributed by atoms with E-state index < -0.39 is 54.0 Å². The first-order chi connectivity index (χ1) is 9.23. The highest BCUT2D eigenvalue weighted by Crippen LogP contribution is 2.39. The molecule has 8 heteroatoms. The van der Waals surface area contributed by atoms with E-state index in [1.807, 2.05) is 0 Å². The first-order valence-corrected chi connectivity index (χ1v) is 6.14. The van der Waals surface area contributed by atoms with Gasteiger partial charge in [-0.1, -0.05) is 0 Å². The van der Waals surface area contributed by atoms with Crippen LogP contribution in [0.15, 0.2) is 0 Å². The minimum atomic E-state index is -1.30. The molecule has 112 valence electrons. The first kappa shape index (κ1) is 15.9. The van der Waals surface area contributed by atoms with Gasteiger partial charge in [0, 0.05) is 0 Å². The zero-order valence-electron chi connectivity index (χ0n) is 10.6. The van der Waals surface area contributed by atoms with E-state index in [0.717, 1.165) is 0 Å². The van der Waals surface area contributed by atoms with Crippen molar-refractivity contribution in [3.8, 4) is 0 Å². The Labute approximate surface area is 114 Å². The lowest BCUT2D eigenvalue weighted by Gasteiger charge is -2.34.